The Hall–Kier alpha value is -2.90. The molecule has 1 fully saturated rings. The molecule has 2 N–H and O–H groups in total. The molecular weight excluding hydrogens is 350 g/mol. The molecule has 1 aliphatic heterocycles. The molecule has 0 aliphatic carbocycles. The largest absolute Gasteiger partial charge is 0.427 e. The number of likely N-dealkylation sites (tertiary alicyclic amines) is 1. The highest BCUT2D eigenvalue weighted by atomic mass is 16.5. The van der Waals surface area contributed by atoms with Gasteiger partial charge >= 0.3 is 5.97 Å². The topological polar surface area (TPSA) is 105 Å². The van der Waals surface area contributed by atoms with Gasteiger partial charge in [-0.05, 0) is 32.0 Å². The lowest BCUT2D eigenvalue weighted by Gasteiger charge is -2.20. The van der Waals surface area contributed by atoms with E-state index in [1.54, 1.807) is 23.1 Å². The number of rotatable bonds is 7. The van der Waals surface area contributed by atoms with E-state index in [4.69, 9.17) is 4.74 Å². The summed E-state index contributed by atoms with van der Waals surface area (Å²) in [5.41, 5.74) is 0.356. The number of benzene rings is 1. The van der Waals surface area contributed by atoms with E-state index in [0.717, 1.165) is 0 Å². The highest BCUT2D eigenvalue weighted by Crippen LogP contribution is 2.20. The lowest BCUT2D eigenvalue weighted by molar-refractivity contribution is -0.132. The van der Waals surface area contributed by atoms with Crippen molar-refractivity contribution in [3.63, 3.8) is 0 Å². The first-order valence-electron chi connectivity index (χ1n) is 8.91. The third kappa shape index (κ3) is 5.80. The van der Waals surface area contributed by atoms with E-state index in [9.17, 15) is 19.2 Å². The van der Waals surface area contributed by atoms with Gasteiger partial charge in [-0.3, -0.25) is 19.2 Å². The van der Waals surface area contributed by atoms with Crippen LogP contribution in [0.4, 0.5) is 0 Å². The average molecular weight is 375 g/mol. The Labute approximate surface area is 158 Å². The van der Waals surface area contributed by atoms with E-state index in [-0.39, 0.29) is 49.2 Å². The Morgan fingerprint density at radius 2 is 1.93 bits per heavy atom. The van der Waals surface area contributed by atoms with E-state index >= 15 is 0 Å². The van der Waals surface area contributed by atoms with Gasteiger partial charge in [-0.15, -0.1) is 0 Å². The number of hydrogen-bond donors (Lipinski definition) is 2. The second-order valence-electron chi connectivity index (χ2n) is 6.71. The summed E-state index contributed by atoms with van der Waals surface area (Å²) in [5, 5.41) is 5.44. The molecule has 0 radical (unpaired) electrons. The summed E-state index contributed by atoms with van der Waals surface area (Å²) in [6.45, 7) is 6.07. The summed E-state index contributed by atoms with van der Waals surface area (Å²) in [6.07, 6.45) is 0.222. The zero-order chi connectivity index (χ0) is 20.0. The van der Waals surface area contributed by atoms with E-state index < -0.39 is 5.97 Å². The van der Waals surface area contributed by atoms with Gasteiger partial charge < -0.3 is 20.3 Å². The SMILES string of the molecule is CC(=O)Oc1cccc(C(=O)NCCNC(=O)C2CC(=O)N(C(C)C)C2)c1. The lowest BCUT2D eigenvalue weighted by atomic mass is 10.1. The number of nitrogens with zero attached hydrogens (tertiary/aromatic N) is 1. The molecule has 1 saturated heterocycles. The Morgan fingerprint density at radius 3 is 2.56 bits per heavy atom. The zero-order valence-corrected chi connectivity index (χ0v) is 15.8. The zero-order valence-electron chi connectivity index (χ0n) is 15.8. The molecule has 1 heterocycles. The summed E-state index contributed by atoms with van der Waals surface area (Å²) < 4.78 is 4.95. The number of nitrogens with one attached hydrogen (secondary N) is 2. The molecule has 8 heteroatoms. The van der Waals surface area contributed by atoms with Gasteiger partial charge in [-0.25, -0.2) is 0 Å². The van der Waals surface area contributed by atoms with Gasteiger partial charge in [-0.1, -0.05) is 6.07 Å². The van der Waals surface area contributed by atoms with Crippen molar-refractivity contribution in [3.05, 3.63) is 29.8 Å². The Morgan fingerprint density at radius 1 is 1.22 bits per heavy atom. The summed E-state index contributed by atoms with van der Waals surface area (Å²) in [4.78, 5) is 48.8. The molecule has 2 rings (SSSR count). The van der Waals surface area contributed by atoms with Crippen LogP contribution in [0.3, 0.4) is 0 Å². The van der Waals surface area contributed by atoms with Gasteiger partial charge in [0.1, 0.15) is 5.75 Å². The molecule has 0 aromatic heterocycles. The van der Waals surface area contributed by atoms with Gasteiger partial charge in [0.15, 0.2) is 0 Å². The van der Waals surface area contributed by atoms with Crippen molar-refractivity contribution in [3.8, 4) is 5.75 Å². The van der Waals surface area contributed by atoms with Crippen molar-refractivity contribution in [1.82, 2.24) is 15.5 Å². The maximum Gasteiger partial charge on any atom is 0.308 e. The maximum atomic E-state index is 12.2. The Bertz CT molecular complexity index is 732. The molecule has 27 heavy (non-hydrogen) atoms. The van der Waals surface area contributed by atoms with Crippen molar-refractivity contribution >= 4 is 23.7 Å². The highest BCUT2D eigenvalue weighted by molar-refractivity contribution is 5.94. The maximum absolute atomic E-state index is 12.2. The highest BCUT2D eigenvalue weighted by Gasteiger charge is 2.35. The smallest absolute Gasteiger partial charge is 0.308 e. The summed E-state index contributed by atoms with van der Waals surface area (Å²) in [5.74, 6) is -1.04. The van der Waals surface area contributed by atoms with Crippen molar-refractivity contribution < 1.29 is 23.9 Å². The second kappa shape index (κ2) is 9.16. The minimum absolute atomic E-state index is 0.00823. The van der Waals surface area contributed by atoms with Crippen LogP contribution in [0.25, 0.3) is 0 Å². The van der Waals surface area contributed by atoms with Crippen LogP contribution < -0.4 is 15.4 Å². The van der Waals surface area contributed by atoms with Crippen LogP contribution >= 0.6 is 0 Å². The average Bonchev–Trinajstić information content (AvgIpc) is 3.00. The standard InChI is InChI=1S/C19H25N3O5/c1-12(2)22-11-15(10-17(22)24)19(26)21-8-7-20-18(25)14-5-4-6-16(9-14)27-13(3)23/h4-6,9,12,15H,7-8,10-11H2,1-3H3,(H,20,25)(H,21,26). The van der Waals surface area contributed by atoms with Crippen molar-refractivity contribution in [2.75, 3.05) is 19.6 Å². The molecule has 1 aromatic rings. The molecular formula is C19H25N3O5. The van der Waals surface area contributed by atoms with Gasteiger partial charge in [0, 0.05) is 44.6 Å². The molecule has 0 bridgehead atoms. The first-order valence-corrected chi connectivity index (χ1v) is 8.91. The van der Waals surface area contributed by atoms with Crippen molar-refractivity contribution in [2.45, 2.75) is 33.2 Å². The van der Waals surface area contributed by atoms with Gasteiger partial charge in [-0.2, -0.15) is 0 Å². The molecule has 1 aromatic carbocycles. The van der Waals surface area contributed by atoms with Crippen molar-refractivity contribution in [1.29, 1.82) is 0 Å². The Balaban J connectivity index is 1.75. The fourth-order valence-electron chi connectivity index (χ4n) is 2.88. The van der Waals surface area contributed by atoms with Crippen molar-refractivity contribution in [2.24, 2.45) is 5.92 Å². The van der Waals surface area contributed by atoms with Crippen LogP contribution in [-0.4, -0.2) is 54.3 Å². The fraction of sp³-hybridized carbons (Fsp3) is 0.474. The minimum atomic E-state index is -0.461. The lowest BCUT2D eigenvalue weighted by Crippen LogP contribution is -2.39. The number of amides is 3. The first kappa shape index (κ1) is 20.4. The number of carbonyl (C=O) groups excluding carboxylic acids is 4. The van der Waals surface area contributed by atoms with E-state index in [2.05, 4.69) is 10.6 Å². The summed E-state index contributed by atoms with van der Waals surface area (Å²) in [6, 6.07) is 6.36. The Kier molecular flexibility index (Phi) is 6.92. The summed E-state index contributed by atoms with van der Waals surface area (Å²) in [7, 11) is 0. The number of ether oxygens (including phenoxy) is 1. The predicted octanol–water partition coefficient (Wildman–Crippen LogP) is 0.715. The molecule has 1 aliphatic rings. The molecule has 3 amide bonds. The third-order valence-corrected chi connectivity index (χ3v) is 4.22. The van der Waals surface area contributed by atoms with E-state index in [0.29, 0.717) is 17.9 Å². The van der Waals surface area contributed by atoms with E-state index in [1.165, 1.54) is 13.0 Å². The second-order valence-corrected chi connectivity index (χ2v) is 6.71. The van der Waals surface area contributed by atoms with Crippen LogP contribution in [0.1, 0.15) is 37.6 Å². The van der Waals surface area contributed by atoms with Gasteiger partial charge in [0.05, 0.1) is 5.92 Å². The number of carbonyl (C=O) groups is 4. The fourth-order valence-corrected chi connectivity index (χ4v) is 2.88. The number of esters is 1. The van der Waals surface area contributed by atoms with Crippen LogP contribution in [0, 0.1) is 5.92 Å². The first-order chi connectivity index (χ1) is 12.8. The predicted molar refractivity (Wildman–Crippen MR) is 98.0 cm³/mol. The normalized spacial score (nSPS) is 16.4. The van der Waals surface area contributed by atoms with Gasteiger partial charge in [0.2, 0.25) is 11.8 Å². The monoisotopic (exact) mass is 375 g/mol. The van der Waals surface area contributed by atoms with Gasteiger partial charge in [0.25, 0.3) is 5.91 Å². The number of hydrogen-bond acceptors (Lipinski definition) is 5. The quantitative estimate of drug-likeness (QED) is 0.415. The van der Waals surface area contributed by atoms with Crippen LogP contribution in [0.15, 0.2) is 24.3 Å². The minimum Gasteiger partial charge on any atom is -0.427 e. The van der Waals surface area contributed by atoms with Crippen LogP contribution in [0.5, 0.6) is 5.75 Å². The molecule has 1 unspecified atom stereocenters. The van der Waals surface area contributed by atoms with Crippen LogP contribution in [0.2, 0.25) is 0 Å². The molecule has 0 spiro atoms. The molecule has 1 atom stereocenters. The van der Waals surface area contributed by atoms with E-state index in [1.807, 2.05) is 13.8 Å². The van der Waals surface area contributed by atoms with Crippen LogP contribution in [-0.2, 0) is 14.4 Å². The molecule has 8 nitrogen and oxygen atoms in total. The summed E-state index contributed by atoms with van der Waals surface area (Å²) >= 11 is 0. The molecule has 146 valence electrons. The molecule has 0 saturated carbocycles. The third-order valence-electron chi connectivity index (χ3n) is 4.22.